The summed E-state index contributed by atoms with van der Waals surface area (Å²) in [6.07, 6.45) is 5.56. The minimum atomic E-state index is -0.327. The van der Waals surface area contributed by atoms with Crippen molar-refractivity contribution in [3.8, 4) is 11.5 Å². The second-order valence-electron chi connectivity index (χ2n) is 5.57. The van der Waals surface area contributed by atoms with Crippen LogP contribution in [-0.2, 0) is 4.79 Å². The molecule has 1 amide bonds. The lowest BCUT2D eigenvalue weighted by atomic mass is 10.2. The van der Waals surface area contributed by atoms with Crippen LogP contribution in [0.15, 0.2) is 28.7 Å². The molecule has 0 spiro atoms. The van der Waals surface area contributed by atoms with Gasteiger partial charge in [-0.15, -0.1) is 5.10 Å². The Morgan fingerprint density at radius 2 is 1.76 bits per heavy atom. The monoisotopic (exact) mass is 348 g/mol. The fourth-order valence-corrected chi connectivity index (χ4v) is 1.83. The molecule has 1 N–H and O–H groups in total. The number of aromatic nitrogens is 2. The fraction of sp³-hybridized carbons (Fsp3) is 0.500. The number of anilines is 1. The highest BCUT2D eigenvalue weighted by Crippen LogP contribution is 2.20. The van der Waals surface area contributed by atoms with Crippen molar-refractivity contribution >= 4 is 11.9 Å². The number of nitrogens with zero attached hydrogens (tertiary/aromatic N) is 3. The van der Waals surface area contributed by atoms with Gasteiger partial charge < -0.3 is 14.6 Å². The van der Waals surface area contributed by atoms with Crippen molar-refractivity contribution in [1.82, 2.24) is 15.1 Å². The van der Waals surface area contributed by atoms with Crippen molar-refractivity contribution in [2.45, 2.75) is 39.5 Å². The quantitative estimate of drug-likeness (QED) is 0.912. The Labute approximate surface area is 147 Å². The van der Waals surface area contributed by atoms with E-state index in [1.165, 1.54) is 31.4 Å². The van der Waals surface area contributed by atoms with Gasteiger partial charge in [-0.25, -0.2) is 4.39 Å². The first-order valence-corrected chi connectivity index (χ1v) is 8.83. The molecule has 1 aliphatic heterocycles. The highest BCUT2D eigenvalue weighted by atomic mass is 19.1. The number of halogens is 1. The lowest BCUT2D eigenvalue weighted by molar-refractivity contribution is -0.132. The number of benzene rings is 1. The van der Waals surface area contributed by atoms with Crippen LogP contribution in [0.5, 0.6) is 0 Å². The Kier molecular flexibility index (Phi) is 7.37. The first-order chi connectivity index (χ1) is 12.2. The summed E-state index contributed by atoms with van der Waals surface area (Å²) >= 11 is 0. The van der Waals surface area contributed by atoms with Crippen molar-refractivity contribution in [1.29, 1.82) is 0 Å². The van der Waals surface area contributed by atoms with E-state index in [0.717, 1.165) is 19.5 Å². The Bertz CT molecular complexity index is 649. The minimum absolute atomic E-state index is 0.0118. The maximum Gasteiger partial charge on any atom is 0.316 e. The van der Waals surface area contributed by atoms with Gasteiger partial charge in [0.05, 0.1) is 6.54 Å². The summed E-state index contributed by atoms with van der Waals surface area (Å²) < 4.78 is 18.2. The molecule has 1 saturated heterocycles. The van der Waals surface area contributed by atoms with Crippen LogP contribution in [0, 0.1) is 5.82 Å². The molecule has 6 nitrogen and oxygen atoms in total. The zero-order chi connectivity index (χ0) is 18.1. The number of hydrogen-bond acceptors (Lipinski definition) is 5. The summed E-state index contributed by atoms with van der Waals surface area (Å²) in [6, 6.07) is 5.92. The van der Waals surface area contributed by atoms with Gasteiger partial charge in [-0.1, -0.05) is 38.2 Å². The van der Waals surface area contributed by atoms with Crippen LogP contribution in [0.4, 0.5) is 10.4 Å². The highest BCUT2D eigenvalue weighted by Gasteiger charge is 2.20. The standard InChI is InChI=1S/C13H13FN4O2.C3H6.C2H6/c14-10-4-2-9(3-5-10)12-16-17-13(20-12)15-8-11(19)18-6-1-7-18;1-2-3-1;1-2/h2-5H,1,6-8H2,(H,15,17);1-3H2;1-2H3. The highest BCUT2D eigenvalue weighted by molar-refractivity contribution is 5.80. The molecule has 0 unspecified atom stereocenters. The lowest BCUT2D eigenvalue weighted by Gasteiger charge is -2.30. The van der Waals surface area contributed by atoms with E-state index in [9.17, 15) is 9.18 Å². The first-order valence-electron chi connectivity index (χ1n) is 8.83. The number of hydrogen-bond donors (Lipinski definition) is 1. The molecule has 1 aromatic heterocycles. The van der Waals surface area contributed by atoms with Crippen LogP contribution in [0.25, 0.3) is 11.5 Å². The van der Waals surface area contributed by atoms with Gasteiger partial charge in [0.2, 0.25) is 11.8 Å². The van der Waals surface area contributed by atoms with Crippen LogP contribution < -0.4 is 5.32 Å². The predicted octanol–water partition coefficient (Wildman–Crippen LogP) is 3.72. The topological polar surface area (TPSA) is 71.3 Å². The van der Waals surface area contributed by atoms with E-state index in [0.29, 0.717) is 5.56 Å². The molecule has 1 aliphatic carbocycles. The summed E-state index contributed by atoms with van der Waals surface area (Å²) in [5.74, 6) is -0.0339. The third kappa shape index (κ3) is 6.17. The van der Waals surface area contributed by atoms with Crippen molar-refractivity contribution < 1.29 is 13.6 Å². The van der Waals surface area contributed by atoms with Crippen LogP contribution in [-0.4, -0.2) is 40.6 Å². The van der Waals surface area contributed by atoms with Gasteiger partial charge in [-0.2, -0.15) is 0 Å². The van der Waals surface area contributed by atoms with E-state index < -0.39 is 0 Å². The number of likely N-dealkylation sites (tertiary alicyclic amines) is 1. The zero-order valence-electron chi connectivity index (χ0n) is 14.8. The molecule has 0 atom stereocenters. The summed E-state index contributed by atoms with van der Waals surface area (Å²) in [4.78, 5) is 13.4. The average molecular weight is 348 g/mol. The number of carbonyl (C=O) groups excluding carboxylic acids is 1. The van der Waals surface area contributed by atoms with Gasteiger partial charge >= 0.3 is 6.01 Å². The maximum atomic E-state index is 12.8. The van der Waals surface area contributed by atoms with Gasteiger partial charge in [0.1, 0.15) is 5.82 Å². The van der Waals surface area contributed by atoms with Crippen LogP contribution in [0.2, 0.25) is 0 Å². The molecule has 1 saturated carbocycles. The summed E-state index contributed by atoms with van der Waals surface area (Å²) in [6.45, 7) is 5.75. The van der Waals surface area contributed by atoms with Crippen molar-refractivity contribution in [3.05, 3.63) is 30.1 Å². The van der Waals surface area contributed by atoms with Gasteiger partial charge in [0.25, 0.3) is 0 Å². The van der Waals surface area contributed by atoms with Gasteiger partial charge in [0.15, 0.2) is 0 Å². The molecule has 2 aliphatic rings. The molecule has 4 rings (SSSR count). The summed E-state index contributed by atoms with van der Waals surface area (Å²) in [5, 5.41) is 10.4. The number of carbonyl (C=O) groups is 1. The Morgan fingerprint density at radius 1 is 1.12 bits per heavy atom. The first kappa shape index (κ1) is 18.9. The van der Waals surface area contributed by atoms with E-state index >= 15 is 0 Å². The minimum Gasteiger partial charge on any atom is -0.403 e. The predicted molar refractivity (Wildman–Crippen MR) is 94.6 cm³/mol. The lowest BCUT2D eigenvalue weighted by Crippen LogP contribution is -2.44. The number of amides is 1. The second-order valence-corrected chi connectivity index (χ2v) is 5.57. The molecule has 25 heavy (non-hydrogen) atoms. The van der Waals surface area contributed by atoms with Gasteiger partial charge in [-0.05, 0) is 30.7 Å². The third-order valence-corrected chi connectivity index (χ3v) is 3.47. The van der Waals surface area contributed by atoms with E-state index in [2.05, 4.69) is 15.5 Å². The zero-order valence-corrected chi connectivity index (χ0v) is 14.8. The van der Waals surface area contributed by atoms with Crippen molar-refractivity contribution in [3.63, 3.8) is 0 Å². The molecule has 2 fully saturated rings. The Balaban J connectivity index is 0.000000397. The normalized spacial score (nSPS) is 14.3. The van der Waals surface area contributed by atoms with Crippen LogP contribution in [0.1, 0.15) is 39.5 Å². The fourth-order valence-electron chi connectivity index (χ4n) is 1.83. The van der Waals surface area contributed by atoms with Crippen molar-refractivity contribution in [2.24, 2.45) is 0 Å². The molecule has 0 bridgehead atoms. The largest absolute Gasteiger partial charge is 0.403 e. The maximum absolute atomic E-state index is 12.8. The molecule has 2 aromatic rings. The third-order valence-electron chi connectivity index (χ3n) is 3.47. The average Bonchev–Trinajstić information content (AvgIpc) is 3.40. The molecular weight excluding hydrogens is 323 g/mol. The summed E-state index contributed by atoms with van der Waals surface area (Å²) in [5.41, 5.74) is 0.626. The van der Waals surface area contributed by atoms with Crippen LogP contribution in [0.3, 0.4) is 0 Å². The van der Waals surface area contributed by atoms with E-state index in [4.69, 9.17) is 4.42 Å². The second kappa shape index (κ2) is 9.76. The summed E-state index contributed by atoms with van der Waals surface area (Å²) in [7, 11) is 0. The molecule has 2 heterocycles. The molecule has 7 heteroatoms. The van der Waals surface area contributed by atoms with Gasteiger partial charge in [0, 0.05) is 18.7 Å². The van der Waals surface area contributed by atoms with E-state index in [1.807, 2.05) is 13.8 Å². The van der Waals surface area contributed by atoms with E-state index in [-0.39, 0.29) is 30.2 Å². The van der Waals surface area contributed by atoms with E-state index in [1.54, 1.807) is 17.0 Å². The number of nitrogens with one attached hydrogen (secondary N) is 1. The van der Waals surface area contributed by atoms with Crippen LogP contribution >= 0.6 is 0 Å². The number of rotatable bonds is 4. The molecule has 1 aromatic carbocycles. The molecule has 0 radical (unpaired) electrons. The Hall–Kier alpha value is -2.44. The SMILES string of the molecule is C1CC1.CC.O=C(CNc1nnc(-c2ccc(F)cc2)o1)N1CCC1. The smallest absolute Gasteiger partial charge is 0.316 e. The van der Waals surface area contributed by atoms with Crippen molar-refractivity contribution in [2.75, 3.05) is 25.0 Å². The Morgan fingerprint density at radius 3 is 2.28 bits per heavy atom. The molecule has 136 valence electrons. The molecular formula is C18H25FN4O2. The van der Waals surface area contributed by atoms with Gasteiger partial charge in [-0.3, -0.25) is 4.79 Å².